The Hall–Kier alpha value is -4.37. The van der Waals surface area contributed by atoms with Gasteiger partial charge in [-0.2, -0.15) is 5.10 Å². The fourth-order valence-corrected chi connectivity index (χ4v) is 4.95. The van der Waals surface area contributed by atoms with E-state index in [9.17, 15) is 9.59 Å². The van der Waals surface area contributed by atoms with E-state index in [0.29, 0.717) is 17.2 Å². The maximum atomic E-state index is 13.0. The summed E-state index contributed by atoms with van der Waals surface area (Å²) in [6, 6.07) is 14.0. The van der Waals surface area contributed by atoms with Crippen molar-refractivity contribution in [2.24, 2.45) is 0 Å². The number of rotatable bonds is 7. The van der Waals surface area contributed by atoms with Crippen LogP contribution in [0.4, 0.5) is 4.79 Å². The SMILES string of the molecule is Cc1ccc(OCCN2C(=O)NC(Cc3c[nH]c4c(Cl)cccc34)C2=O)cc1-c1cnc2cccnn12. The molecule has 1 aliphatic heterocycles. The van der Waals surface area contributed by atoms with Gasteiger partial charge < -0.3 is 15.0 Å². The number of fused-ring (bicyclic) bond motifs is 2. The van der Waals surface area contributed by atoms with Crippen LogP contribution in [0.15, 0.2) is 67.1 Å². The summed E-state index contributed by atoms with van der Waals surface area (Å²) in [5.41, 5.74) is 5.34. The number of aryl methyl sites for hydroxylation is 1. The zero-order chi connectivity index (χ0) is 25.5. The Balaban J connectivity index is 1.12. The Morgan fingerprint density at radius 1 is 1.14 bits per heavy atom. The number of benzene rings is 2. The van der Waals surface area contributed by atoms with Crippen LogP contribution in [0.3, 0.4) is 0 Å². The topological polar surface area (TPSA) is 105 Å². The van der Waals surface area contributed by atoms with Crippen LogP contribution in [0, 0.1) is 6.92 Å². The number of nitrogens with one attached hydrogen (secondary N) is 2. The van der Waals surface area contributed by atoms with Crippen molar-refractivity contribution in [3.8, 4) is 17.0 Å². The summed E-state index contributed by atoms with van der Waals surface area (Å²) in [6.45, 7) is 2.32. The van der Waals surface area contributed by atoms with Crippen molar-refractivity contribution in [3.63, 3.8) is 0 Å². The summed E-state index contributed by atoms with van der Waals surface area (Å²) >= 11 is 6.25. The molecule has 0 spiro atoms. The van der Waals surface area contributed by atoms with Crippen LogP contribution in [-0.4, -0.2) is 55.6 Å². The number of ether oxygens (including phenoxy) is 1. The van der Waals surface area contributed by atoms with E-state index in [1.54, 1.807) is 23.0 Å². The zero-order valence-electron chi connectivity index (χ0n) is 19.9. The Kier molecular flexibility index (Phi) is 5.77. The molecule has 1 fully saturated rings. The Labute approximate surface area is 217 Å². The van der Waals surface area contributed by atoms with Gasteiger partial charge in [0.2, 0.25) is 0 Å². The van der Waals surface area contributed by atoms with E-state index in [-0.39, 0.29) is 19.1 Å². The van der Waals surface area contributed by atoms with E-state index in [2.05, 4.69) is 20.4 Å². The van der Waals surface area contributed by atoms with E-state index in [1.165, 1.54) is 4.90 Å². The number of para-hydroxylation sites is 1. The van der Waals surface area contributed by atoms with Crippen LogP contribution in [0.1, 0.15) is 11.1 Å². The Bertz CT molecular complexity index is 1660. The van der Waals surface area contributed by atoms with Crippen LogP contribution in [0.25, 0.3) is 27.8 Å². The van der Waals surface area contributed by atoms with E-state index in [1.807, 2.05) is 55.6 Å². The van der Waals surface area contributed by atoms with Gasteiger partial charge in [0.25, 0.3) is 5.91 Å². The summed E-state index contributed by atoms with van der Waals surface area (Å²) in [5.74, 6) is 0.358. The number of aromatic nitrogens is 4. The van der Waals surface area contributed by atoms with Crippen molar-refractivity contribution in [1.82, 2.24) is 29.8 Å². The van der Waals surface area contributed by atoms with E-state index < -0.39 is 12.1 Å². The van der Waals surface area contributed by atoms with Crippen molar-refractivity contribution < 1.29 is 14.3 Å². The second-order valence-corrected chi connectivity index (χ2v) is 9.34. The molecule has 9 nitrogen and oxygen atoms in total. The molecule has 5 aromatic rings. The molecule has 186 valence electrons. The van der Waals surface area contributed by atoms with Crippen LogP contribution in [0.2, 0.25) is 5.02 Å². The maximum Gasteiger partial charge on any atom is 0.324 e. The third-order valence-corrected chi connectivity index (χ3v) is 6.94. The number of aromatic amines is 1. The summed E-state index contributed by atoms with van der Waals surface area (Å²) in [6.07, 6.45) is 5.70. The zero-order valence-corrected chi connectivity index (χ0v) is 20.7. The van der Waals surface area contributed by atoms with Gasteiger partial charge in [-0.1, -0.05) is 29.8 Å². The summed E-state index contributed by atoms with van der Waals surface area (Å²) in [7, 11) is 0. The van der Waals surface area contributed by atoms with Gasteiger partial charge in [-0.05, 0) is 48.4 Å². The standard InChI is InChI=1S/C27H23ClN6O3/c1-16-7-8-18(13-20(16)23-15-29-24-6-3-9-31-34(23)24)37-11-10-33-26(35)22(32-27(33)36)12-17-14-30-25-19(17)4-2-5-21(25)28/h2-9,13-15,22,30H,10-12H2,1H3,(H,32,36). The van der Waals surface area contributed by atoms with Crippen LogP contribution in [-0.2, 0) is 11.2 Å². The summed E-state index contributed by atoms with van der Waals surface area (Å²) in [5, 5.41) is 8.73. The molecule has 6 rings (SSSR count). The first kappa shape index (κ1) is 23.1. The molecule has 2 aromatic carbocycles. The molecule has 2 N–H and O–H groups in total. The number of halogens is 1. The largest absolute Gasteiger partial charge is 0.492 e. The summed E-state index contributed by atoms with van der Waals surface area (Å²) in [4.78, 5) is 34.3. The third kappa shape index (κ3) is 4.17. The molecule has 37 heavy (non-hydrogen) atoms. The third-order valence-electron chi connectivity index (χ3n) is 6.63. The predicted octanol–water partition coefficient (Wildman–Crippen LogP) is 4.38. The molecule has 3 aromatic heterocycles. The average Bonchev–Trinajstić information content (AvgIpc) is 3.58. The fourth-order valence-electron chi connectivity index (χ4n) is 4.73. The molecular formula is C27H23ClN6O3. The van der Waals surface area contributed by atoms with Crippen molar-refractivity contribution in [2.45, 2.75) is 19.4 Å². The number of carbonyl (C=O) groups excluding carboxylic acids is 2. The number of carbonyl (C=O) groups is 2. The van der Waals surface area contributed by atoms with Crippen LogP contribution >= 0.6 is 11.6 Å². The number of imidazole rings is 1. The van der Waals surface area contributed by atoms with E-state index in [0.717, 1.165) is 38.9 Å². The van der Waals surface area contributed by atoms with Gasteiger partial charge in [0.05, 0.1) is 29.0 Å². The number of amides is 3. The molecule has 4 heterocycles. The second-order valence-electron chi connectivity index (χ2n) is 8.93. The van der Waals surface area contributed by atoms with Gasteiger partial charge in [-0.15, -0.1) is 0 Å². The number of imide groups is 1. The van der Waals surface area contributed by atoms with Crippen LogP contribution in [0.5, 0.6) is 5.75 Å². The highest BCUT2D eigenvalue weighted by Gasteiger charge is 2.38. The number of H-pyrrole nitrogens is 1. The monoisotopic (exact) mass is 514 g/mol. The normalized spacial score (nSPS) is 15.6. The van der Waals surface area contributed by atoms with E-state index in [4.69, 9.17) is 16.3 Å². The molecule has 3 amide bonds. The molecule has 0 bridgehead atoms. The minimum absolute atomic E-state index is 0.140. The van der Waals surface area contributed by atoms with Crippen molar-refractivity contribution in [3.05, 3.63) is 83.3 Å². The van der Waals surface area contributed by atoms with Crippen LogP contribution < -0.4 is 10.1 Å². The summed E-state index contributed by atoms with van der Waals surface area (Å²) < 4.78 is 7.72. The maximum absolute atomic E-state index is 13.0. The molecule has 0 aliphatic carbocycles. The quantitative estimate of drug-likeness (QED) is 0.314. The van der Waals surface area contributed by atoms with Gasteiger partial charge in [0.15, 0.2) is 5.65 Å². The smallest absolute Gasteiger partial charge is 0.324 e. The molecular weight excluding hydrogens is 492 g/mol. The van der Waals surface area contributed by atoms with Gasteiger partial charge in [-0.25, -0.2) is 14.3 Å². The Morgan fingerprint density at radius 3 is 2.92 bits per heavy atom. The average molecular weight is 515 g/mol. The lowest BCUT2D eigenvalue weighted by Gasteiger charge is -2.15. The lowest BCUT2D eigenvalue weighted by molar-refractivity contribution is -0.127. The van der Waals surface area contributed by atoms with Crippen molar-refractivity contribution in [2.75, 3.05) is 13.2 Å². The number of hydrogen-bond donors (Lipinski definition) is 2. The number of nitrogens with zero attached hydrogens (tertiary/aromatic N) is 4. The van der Waals surface area contributed by atoms with Gasteiger partial charge in [0.1, 0.15) is 18.4 Å². The lowest BCUT2D eigenvalue weighted by Crippen LogP contribution is -2.35. The molecule has 10 heteroatoms. The molecule has 0 saturated carbocycles. The second kappa shape index (κ2) is 9.25. The predicted molar refractivity (Wildman–Crippen MR) is 140 cm³/mol. The van der Waals surface area contributed by atoms with Gasteiger partial charge in [0, 0.05) is 29.8 Å². The molecule has 1 unspecified atom stereocenters. The van der Waals surface area contributed by atoms with Gasteiger partial charge in [-0.3, -0.25) is 9.69 Å². The highest BCUT2D eigenvalue weighted by molar-refractivity contribution is 6.35. The number of urea groups is 1. The molecule has 0 radical (unpaired) electrons. The fraction of sp³-hybridized carbons (Fsp3) is 0.185. The lowest BCUT2D eigenvalue weighted by atomic mass is 10.1. The van der Waals surface area contributed by atoms with E-state index >= 15 is 0 Å². The molecule has 1 aliphatic rings. The van der Waals surface area contributed by atoms with Crippen molar-refractivity contribution >= 4 is 40.1 Å². The highest BCUT2D eigenvalue weighted by atomic mass is 35.5. The number of hydrogen-bond acceptors (Lipinski definition) is 5. The van der Waals surface area contributed by atoms with Gasteiger partial charge >= 0.3 is 6.03 Å². The highest BCUT2D eigenvalue weighted by Crippen LogP contribution is 2.29. The molecule has 1 saturated heterocycles. The Morgan fingerprint density at radius 2 is 2.03 bits per heavy atom. The first-order valence-corrected chi connectivity index (χ1v) is 12.3. The molecule has 1 atom stereocenters. The minimum atomic E-state index is -0.640. The first-order chi connectivity index (χ1) is 18.0. The minimum Gasteiger partial charge on any atom is -0.492 e. The first-order valence-electron chi connectivity index (χ1n) is 11.9. The van der Waals surface area contributed by atoms with Crippen molar-refractivity contribution in [1.29, 1.82) is 0 Å².